The minimum Gasteiger partial charge on any atom is -0.490 e. The monoisotopic (exact) mass is 576 g/mol. The number of carbonyl (C=O) groups is 2. The van der Waals surface area contributed by atoms with E-state index in [0.717, 1.165) is 22.0 Å². The number of aromatic nitrogens is 1. The first-order valence-electron chi connectivity index (χ1n) is 13.9. The van der Waals surface area contributed by atoms with Crippen molar-refractivity contribution >= 4 is 22.8 Å². The number of methoxy groups -OCH3 is 1. The molecule has 0 unspecified atom stereocenters. The van der Waals surface area contributed by atoms with Gasteiger partial charge in [-0.2, -0.15) is 0 Å². The number of ether oxygens (including phenoxy) is 4. The molecule has 1 aromatic heterocycles. The van der Waals surface area contributed by atoms with E-state index in [0.29, 0.717) is 42.8 Å². The van der Waals surface area contributed by atoms with Crippen molar-refractivity contribution in [3.8, 4) is 17.4 Å². The molecule has 0 bridgehead atoms. The van der Waals surface area contributed by atoms with Crippen LogP contribution in [-0.2, 0) is 22.6 Å². The van der Waals surface area contributed by atoms with E-state index in [-0.39, 0.29) is 6.42 Å². The normalized spacial score (nSPS) is 11.4. The summed E-state index contributed by atoms with van der Waals surface area (Å²) in [5, 5.41) is 3.83. The van der Waals surface area contributed by atoms with Gasteiger partial charge >= 0.3 is 5.97 Å². The number of amides is 1. The molecule has 1 heterocycles. The summed E-state index contributed by atoms with van der Waals surface area (Å²) >= 11 is 0. The van der Waals surface area contributed by atoms with Crippen LogP contribution in [0.1, 0.15) is 21.5 Å². The Bertz CT molecular complexity index is 1640. The largest absolute Gasteiger partial charge is 0.490 e. The van der Waals surface area contributed by atoms with Gasteiger partial charge in [0.2, 0.25) is 5.88 Å². The maximum absolute atomic E-state index is 13.0. The standard InChI is InChI=1S/C35H32N2O6/c1-40-35(39)32(23-25-11-16-30(17-12-25)43-24-26-7-3-2-4-8-26)37-34(38)28-13-18-29(19-14-28)41-21-22-42-33-20-15-27-9-5-6-10-31(27)36-33/h2-20,32H,21-24H2,1H3,(H,37,38)/t32-/m0/s1. The van der Waals surface area contributed by atoms with Gasteiger partial charge in [-0.05, 0) is 59.7 Å². The molecule has 5 rings (SSSR count). The van der Waals surface area contributed by atoms with E-state index in [4.69, 9.17) is 18.9 Å². The van der Waals surface area contributed by atoms with Crippen molar-refractivity contribution in [2.45, 2.75) is 19.1 Å². The molecule has 1 amide bonds. The summed E-state index contributed by atoms with van der Waals surface area (Å²) < 4.78 is 22.2. The van der Waals surface area contributed by atoms with Crippen molar-refractivity contribution in [2.75, 3.05) is 20.3 Å². The summed E-state index contributed by atoms with van der Waals surface area (Å²) in [5.74, 6) is 0.909. The summed E-state index contributed by atoms with van der Waals surface area (Å²) in [6, 6.07) is 34.8. The predicted octanol–water partition coefficient (Wildman–Crippen LogP) is 5.79. The molecule has 1 N–H and O–H groups in total. The van der Waals surface area contributed by atoms with Gasteiger partial charge in [0.25, 0.3) is 5.91 Å². The Labute approximate surface area is 250 Å². The lowest BCUT2D eigenvalue weighted by Gasteiger charge is -2.17. The van der Waals surface area contributed by atoms with Gasteiger partial charge in [0.1, 0.15) is 37.4 Å². The van der Waals surface area contributed by atoms with Gasteiger partial charge in [-0.1, -0.05) is 60.7 Å². The number of esters is 1. The fourth-order valence-corrected chi connectivity index (χ4v) is 4.41. The molecule has 218 valence electrons. The molecule has 43 heavy (non-hydrogen) atoms. The number of fused-ring (bicyclic) bond motifs is 1. The Morgan fingerprint density at radius 2 is 1.37 bits per heavy atom. The fourth-order valence-electron chi connectivity index (χ4n) is 4.41. The lowest BCUT2D eigenvalue weighted by Crippen LogP contribution is -2.43. The molecule has 5 aromatic rings. The smallest absolute Gasteiger partial charge is 0.328 e. The van der Waals surface area contributed by atoms with Gasteiger partial charge in [-0.3, -0.25) is 4.79 Å². The average molecular weight is 577 g/mol. The Morgan fingerprint density at radius 1 is 0.698 bits per heavy atom. The summed E-state index contributed by atoms with van der Waals surface area (Å²) in [7, 11) is 1.30. The number of pyridine rings is 1. The maximum atomic E-state index is 13.0. The number of para-hydroxylation sites is 1. The van der Waals surface area contributed by atoms with E-state index in [9.17, 15) is 9.59 Å². The highest BCUT2D eigenvalue weighted by molar-refractivity contribution is 5.97. The molecular weight excluding hydrogens is 544 g/mol. The summed E-state index contributed by atoms with van der Waals surface area (Å²) in [6.45, 7) is 1.08. The van der Waals surface area contributed by atoms with Crippen molar-refractivity contribution in [3.63, 3.8) is 0 Å². The summed E-state index contributed by atoms with van der Waals surface area (Å²) in [6.07, 6.45) is 0.268. The SMILES string of the molecule is COC(=O)[C@H](Cc1ccc(OCc2ccccc2)cc1)NC(=O)c1ccc(OCCOc2ccc3ccccc3n2)cc1. The molecule has 4 aromatic carbocycles. The third kappa shape index (κ3) is 8.33. The van der Waals surface area contributed by atoms with Crippen LogP contribution in [0.5, 0.6) is 17.4 Å². The second kappa shape index (κ2) is 14.5. The second-order valence-electron chi connectivity index (χ2n) is 9.74. The number of carbonyl (C=O) groups excluding carboxylic acids is 2. The quantitative estimate of drug-likeness (QED) is 0.140. The molecule has 0 aliphatic heterocycles. The molecule has 0 aliphatic carbocycles. The van der Waals surface area contributed by atoms with Crippen LogP contribution in [0.2, 0.25) is 0 Å². The van der Waals surface area contributed by atoms with Crippen LogP contribution < -0.4 is 19.5 Å². The topological polar surface area (TPSA) is 96.0 Å². The zero-order chi connectivity index (χ0) is 29.9. The van der Waals surface area contributed by atoms with Crippen molar-refractivity contribution in [3.05, 3.63) is 132 Å². The molecule has 8 heteroatoms. The van der Waals surface area contributed by atoms with Crippen LogP contribution >= 0.6 is 0 Å². The van der Waals surface area contributed by atoms with Crippen LogP contribution in [0.3, 0.4) is 0 Å². The van der Waals surface area contributed by atoms with Gasteiger partial charge in [0, 0.05) is 23.4 Å². The minimum atomic E-state index is -0.856. The van der Waals surface area contributed by atoms with Gasteiger partial charge in [-0.15, -0.1) is 0 Å². The summed E-state index contributed by atoms with van der Waals surface area (Å²) in [5.41, 5.74) is 3.18. The minimum absolute atomic E-state index is 0.268. The van der Waals surface area contributed by atoms with Gasteiger partial charge in [-0.25, -0.2) is 9.78 Å². The van der Waals surface area contributed by atoms with Crippen molar-refractivity contribution < 1.29 is 28.5 Å². The van der Waals surface area contributed by atoms with Gasteiger partial charge < -0.3 is 24.3 Å². The van der Waals surface area contributed by atoms with E-state index < -0.39 is 17.9 Å². The Balaban J connectivity index is 1.10. The van der Waals surface area contributed by atoms with E-state index in [1.165, 1.54) is 7.11 Å². The Hall–Kier alpha value is -5.37. The predicted molar refractivity (Wildman–Crippen MR) is 163 cm³/mol. The zero-order valence-corrected chi connectivity index (χ0v) is 23.8. The lowest BCUT2D eigenvalue weighted by molar-refractivity contribution is -0.142. The molecule has 0 aliphatic rings. The number of nitrogens with zero attached hydrogens (tertiary/aromatic N) is 1. The van der Waals surface area contributed by atoms with Crippen LogP contribution in [0.15, 0.2) is 115 Å². The molecule has 0 radical (unpaired) electrons. The fraction of sp³-hybridized carbons (Fsp3) is 0.171. The van der Waals surface area contributed by atoms with Crippen molar-refractivity contribution in [2.24, 2.45) is 0 Å². The Kier molecular flexibility index (Phi) is 9.82. The number of nitrogens with one attached hydrogen (secondary N) is 1. The first-order valence-corrected chi connectivity index (χ1v) is 13.9. The zero-order valence-electron chi connectivity index (χ0n) is 23.8. The highest BCUT2D eigenvalue weighted by Gasteiger charge is 2.23. The highest BCUT2D eigenvalue weighted by Crippen LogP contribution is 2.18. The molecular formula is C35H32N2O6. The highest BCUT2D eigenvalue weighted by atomic mass is 16.5. The van der Waals surface area contributed by atoms with Crippen LogP contribution in [0.25, 0.3) is 10.9 Å². The Morgan fingerprint density at radius 3 is 2.14 bits per heavy atom. The number of rotatable bonds is 13. The molecule has 1 atom stereocenters. The third-order valence-electron chi connectivity index (χ3n) is 6.69. The van der Waals surface area contributed by atoms with Gasteiger partial charge in [0.05, 0.1) is 12.6 Å². The number of hydrogen-bond donors (Lipinski definition) is 1. The molecule has 0 fully saturated rings. The van der Waals surface area contributed by atoms with Crippen LogP contribution in [0.4, 0.5) is 0 Å². The van der Waals surface area contributed by atoms with Crippen LogP contribution in [0, 0.1) is 0 Å². The van der Waals surface area contributed by atoms with Crippen molar-refractivity contribution in [1.82, 2.24) is 10.3 Å². The summed E-state index contributed by atoms with van der Waals surface area (Å²) in [4.78, 5) is 29.9. The lowest BCUT2D eigenvalue weighted by atomic mass is 10.0. The number of benzene rings is 4. The average Bonchev–Trinajstić information content (AvgIpc) is 3.06. The molecule has 0 spiro atoms. The second-order valence-corrected chi connectivity index (χ2v) is 9.74. The van der Waals surface area contributed by atoms with Gasteiger partial charge in [0.15, 0.2) is 0 Å². The van der Waals surface area contributed by atoms with Crippen molar-refractivity contribution in [1.29, 1.82) is 0 Å². The number of hydrogen-bond acceptors (Lipinski definition) is 7. The van der Waals surface area contributed by atoms with E-state index in [1.807, 2.05) is 91.0 Å². The van der Waals surface area contributed by atoms with Crippen LogP contribution in [-0.4, -0.2) is 43.2 Å². The van der Waals surface area contributed by atoms with E-state index in [1.54, 1.807) is 24.3 Å². The first kappa shape index (κ1) is 29.1. The molecule has 0 saturated carbocycles. The third-order valence-corrected chi connectivity index (χ3v) is 6.69. The molecule has 8 nitrogen and oxygen atoms in total. The maximum Gasteiger partial charge on any atom is 0.328 e. The first-order chi connectivity index (χ1) is 21.1. The van der Waals surface area contributed by atoms with E-state index in [2.05, 4.69) is 10.3 Å². The molecule has 0 saturated heterocycles. The van der Waals surface area contributed by atoms with E-state index >= 15 is 0 Å².